The van der Waals surface area contributed by atoms with Gasteiger partial charge in [0.15, 0.2) is 0 Å². The lowest BCUT2D eigenvalue weighted by Crippen LogP contribution is -2.52. The zero-order valence-electron chi connectivity index (χ0n) is 19.4. The van der Waals surface area contributed by atoms with Crippen LogP contribution in [0.3, 0.4) is 0 Å². The van der Waals surface area contributed by atoms with Crippen molar-refractivity contribution in [3.05, 3.63) is 11.6 Å². The lowest BCUT2D eigenvalue weighted by atomic mass is 9.47. The van der Waals surface area contributed by atoms with Crippen molar-refractivity contribution in [1.82, 2.24) is 0 Å². The predicted molar refractivity (Wildman–Crippen MR) is 132 cm³/mol. The van der Waals surface area contributed by atoms with Crippen molar-refractivity contribution in [2.45, 2.75) is 104 Å². The lowest BCUT2D eigenvalue weighted by Gasteiger charge is -2.59. The van der Waals surface area contributed by atoms with E-state index in [1.807, 2.05) is 0 Å². The van der Waals surface area contributed by atoms with Crippen LogP contribution in [0.2, 0.25) is 0 Å². The van der Waals surface area contributed by atoms with E-state index >= 15 is 0 Å². The largest absolute Gasteiger partial charge is 0.393 e. The van der Waals surface area contributed by atoms with E-state index in [-0.39, 0.29) is 6.10 Å². The number of allylic oxidation sites excluding steroid dienone is 1. The topological polar surface area (TPSA) is 20.2 Å². The highest BCUT2D eigenvalue weighted by molar-refractivity contribution is 14.1. The number of aliphatic hydroxyl groups excluding tert-OH is 1. The van der Waals surface area contributed by atoms with Gasteiger partial charge in [-0.2, -0.15) is 0 Å². The van der Waals surface area contributed by atoms with Crippen LogP contribution in [0.5, 0.6) is 0 Å². The first-order valence-electron chi connectivity index (χ1n) is 12.8. The Hall–Kier alpha value is 0.430. The molecular weight excluding hydrogens is 467 g/mol. The summed E-state index contributed by atoms with van der Waals surface area (Å²) in [5.74, 6) is 5.46. The zero-order valence-corrected chi connectivity index (χ0v) is 21.6. The fourth-order valence-electron chi connectivity index (χ4n) is 8.71. The minimum Gasteiger partial charge on any atom is -0.393 e. The van der Waals surface area contributed by atoms with Gasteiger partial charge in [-0.3, -0.25) is 0 Å². The van der Waals surface area contributed by atoms with Crippen LogP contribution in [0.25, 0.3) is 0 Å². The number of alkyl halides is 1. The fraction of sp³-hybridized carbons (Fsp3) is 0.926. The first kappa shape index (κ1) is 22.6. The van der Waals surface area contributed by atoms with Crippen molar-refractivity contribution in [2.75, 3.05) is 4.43 Å². The molecule has 1 N–H and O–H groups in total. The van der Waals surface area contributed by atoms with Gasteiger partial charge in [-0.25, -0.2) is 0 Å². The van der Waals surface area contributed by atoms with E-state index in [9.17, 15) is 5.11 Å². The molecule has 0 amide bonds. The molecule has 29 heavy (non-hydrogen) atoms. The van der Waals surface area contributed by atoms with Crippen molar-refractivity contribution in [2.24, 2.45) is 46.3 Å². The van der Waals surface area contributed by atoms with E-state index in [0.717, 1.165) is 48.3 Å². The molecule has 3 fully saturated rings. The first-order valence-corrected chi connectivity index (χ1v) is 14.3. The van der Waals surface area contributed by atoms with Gasteiger partial charge >= 0.3 is 0 Å². The zero-order chi connectivity index (χ0) is 20.8. The number of aliphatic hydroxyl groups is 1. The second-order valence-electron chi connectivity index (χ2n) is 12.1. The maximum atomic E-state index is 10.3. The van der Waals surface area contributed by atoms with Crippen LogP contribution in [-0.2, 0) is 0 Å². The van der Waals surface area contributed by atoms with Gasteiger partial charge in [0.2, 0.25) is 0 Å². The Labute approximate surface area is 194 Å². The molecule has 0 aromatic rings. The summed E-state index contributed by atoms with van der Waals surface area (Å²) in [7, 11) is 0. The van der Waals surface area contributed by atoms with Gasteiger partial charge in [0, 0.05) is 9.84 Å². The van der Waals surface area contributed by atoms with Gasteiger partial charge in [-0.05, 0) is 92.3 Å². The maximum Gasteiger partial charge on any atom is 0.0577 e. The second kappa shape index (κ2) is 8.75. The second-order valence-corrected chi connectivity index (χ2v) is 12.8. The summed E-state index contributed by atoms with van der Waals surface area (Å²) in [6.07, 6.45) is 17.2. The van der Waals surface area contributed by atoms with Crippen LogP contribution in [0.15, 0.2) is 11.6 Å². The molecule has 1 nitrogen and oxygen atoms in total. The molecule has 166 valence electrons. The minimum absolute atomic E-state index is 0.0784. The Morgan fingerprint density at radius 2 is 1.86 bits per heavy atom. The van der Waals surface area contributed by atoms with Gasteiger partial charge in [0.05, 0.1) is 6.10 Å². The van der Waals surface area contributed by atoms with Gasteiger partial charge in [-0.15, -0.1) is 0 Å². The molecule has 0 unspecified atom stereocenters. The Kier molecular flexibility index (Phi) is 6.83. The molecule has 4 aliphatic rings. The minimum atomic E-state index is -0.0784. The summed E-state index contributed by atoms with van der Waals surface area (Å²) in [5.41, 5.74) is 2.65. The SMILES string of the molecule is CC(C)CCC[C@H](C)[C@H]1CC[C@@H]2[C@H]3CC=C4C[C@@H](O)CC[C@]4(CI)[C@@H]3CC[C@@]21C. The summed E-state index contributed by atoms with van der Waals surface area (Å²) >= 11 is 2.68. The molecule has 0 spiro atoms. The molecule has 4 rings (SSSR count). The van der Waals surface area contributed by atoms with Crippen LogP contribution in [-0.4, -0.2) is 15.6 Å². The number of fused-ring (bicyclic) bond motifs is 5. The fourth-order valence-corrected chi connectivity index (χ4v) is 10.1. The van der Waals surface area contributed by atoms with Crippen LogP contribution in [0.4, 0.5) is 0 Å². The van der Waals surface area contributed by atoms with E-state index in [4.69, 9.17) is 0 Å². The molecule has 3 saturated carbocycles. The highest BCUT2D eigenvalue weighted by atomic mass is 127. The summed E-state index contributed by atoms with van der Waals surface area (Å²) in [6.45, 7) is 10.0. The molecular formula is C27H45IO. The normalized spacial score (nSPS) is 45.3. The molecule has 0 saturated heterocycles. The Bertz CT molecular complexity index is 612. The third-order valence-electron chi connectivity index (χ3n) is 10.2. The Morgan fingerprint density at radius 1 is 1.07 bits per heavy atom. The summed E-state index contributed by atoms with van der Waals surface area (Å²) < 4.78 is 1.27. The quantitative estimate of drug-likeness (QED) is 0.219. The summed E-state index contributed by atoms with van der Waals surface area (Å²) in [5, 5.41) is 10.3. The molecule has 8 atom stereocenters. The van der Waals surface area contributed by atoms with E-state index in [2.05, 4.69) is 56.4 Å². The van der Waals surface area contributed by atoms with E-state index in [1.54, 1.807) is 5.57 Å². The van der Waals surface area contributed by atoms with Gasteiger partial charge in [-0.1, -0.05) is 81.2 Å². The van der Waals surface area contributed by atoms with Crippen LogP contribution >= 0.6 is 22.6 Å². The highest BCUT2D eigenvalue weighted by Gasteiger charge is 2.59. The number of halogens is 1. The molecule has 0 radical (unpaired) electrons. The summed E-state index contributed by atoms with van der Waals surface area (Å²) in [4.78, 5) is 0. The molecule has 0 aliphatic heterocycles. The molecule has 0 aromatic heterocycles. The first-order chi connectivity index (χ1) is 13.8. The lowest BCUT2D eigenvalue weighted by molar-refractivity contribution is -0.0548. The van der Waals surface area contributed by atoms with Crippen molar-refractivity contribution >= 4 is 22.6 Å². The number of rotatable bonds is 6. The van der Waals surface area contributed by atoms with Gasteiger partial charge in [0.1, 0.15) is 0 Å². The standard InChI is InChI=1S/C27H45IO/c1-18(2)6-5-7-19(3)23-10-11-24-22-9-8-20-16-21(29)12-15-27(20,17-28)25(22)13-14-26(23,24)4/h8,18-19,21-25,29H,5-7,9-17H2,1-4H3/t19-,21-,22+,23+,24+,25+,26+,27+/m0/s1. The van der Waals surface area contributed by atoms with Gasteiger partial charge < -0.3 is 5.11 Å². The van der Waals surface area contributed by atoms with Crippen LogP contribution in [0, 0.1) is 46.3 Å². The molecule has 0 aromatic carbocycles. The van der Waals surface area contributed by atoms with Crippen molar-refractivity contribution < 1.29 is 5.11 Å². The maximum absolute atomic E-state index is 10.3. The van der Waals surface area contributed by atoms with E-state index in [0.29, 0.717) is 10.8 Å². The summed E-state index contributed by atoms with van der Waals surface area (Å²) in [6, 6.07) is 0. The van der Waals surface area contributed by atoms with Crippen molar-refractivity contribution in [3.8, 4) is 0 Å². The van der Waals surface area contributed by atoms with Crippen LogP contribution in [0.1, 0.15) is 98.3 Å². The van der Waals surface area contributed by atoms with Crippen LogP contribution < -0.4 is 0 Å². The third-order valence-corrected chi connectivity index (χ3v) is 11.6. The smallest absolute Gasteiger partial charge is 0.0577 e. The molecule has 4 aliphatic carbocycles. The molecule has 0 heterocycles. The van der Waals surface area contributed by atoms with E-state index in [1.165, 1.54) is 62.2 Å². The van der Waals surface area contributed by atoms with Crippen molar-refractivity contribution in [1.29, 1.82) is 0 Å². The monoisotopic (exact) mass is 512 g/mol. The number of hydrogen-bond donors (Lipinski definition) is 1. The predicted octanol–water partition coefficient (Wildman–Crippen LogP) is 7.80. The number of hydrogen-bond acceptors (Lipinski definition) is 1. The Morgan fingerprint density at radius 3 is 2.59 bits per heavy atom. The van der Waals surface area contributed by atoms with Gasteiger partial charge in [0.25, 0.3) is 0 Å². The Balaban J connectivity index is 1.51. The molecule has 2 heteroatoms. The average molecular weight is 513 g/mol. The van der Waals surface area contributed by atoms with Crippen molar-refractivity contribution in [3.63, 3.8) is 0 Å². The highest BCUT2D eigenvalue weighted by Crippen LogP contribution is 2.67. The average Bonchev–Trinajstić information content (AvgIpc) is 3.04. The third kappa shape index (κ3) is 3.89. The van der Waals surface area contributed by atoms with E-state index < -0.39 is 0 Å². The molecule has 0 bridgehead atoms.